The number of carbonyl (C=O) groups excluding carboxylic acids is 1. The van der Waals surface area contributed by atoms with E-state index in [0.717, 1.165) is 5.56 Å². The molecule has 2 aromatic carbocycles. The quantitative estimate of drug-likeness (QED) is 0.614. The maximum Gasteiger partial charge on any atom is 0.251 e. The van der Waals surface area contributed by atoms with Crippen molar-refractivity contribution in [3.05, 3.63) is 82.2 Å². The van der Waals surface area contributed by atoms with E-state index in [9.17, 15) is 9.18 Å². The van der Waals surface area contributed by atoms with E-state index in [-0.39, 0.29) is 18.0 Å². The Bertz CT molecular complexity index is 928. The molecule has 3 rings (SSSR count). The van der Waals surface area contributed by atoms with E-state index in [2.05, 4.69) is 26.2 Å². The predicted molar refractivity (Wildman–Crippen MR) is 103 cm³/mol. The van der Waals surface area contributed by atoms with Gasteiger partial charge in [0, 0.05) is 34.9 Å². The summed E-state index contributed by atoms with van der Waals surface area (Å²) in [4.78, 5) is 16.4. The van der Waals surface area contributed by atoms with Crippen molar-refractivity contribution >= 4 is 21.8 Å². The van der Waals surface area contributed by atoms with E-state index in [0.29, 0.717) is 21.9 Å². The molecule has 0 aliphatic heterocycles. The minimum absolute atomic E-state index is 0.243. The number of hydrogen-bond acceptors (Lipinski definition) is 4. The molecule has 0 saturated carbocycles. The SMILES string of the molecule is COc1cccc(Oc2ccc(CNC(=O)c3cc(F)cc(Br)c3)cn2)c1. The maximum absolute atomic E-state index is 13.4. The molecule has 0 saturated heterocycles. The lowest BCUT2D eigenvalue weighted by molar-refractivity contribution is 0.0950. The molecule has 138 valence electrons. The van der Waals surface area contributed by atoms with Gasteiger partial charge in [-0.3, -0.25) is 4.79 Å². The average Bonchev–Trinajstić information content (AvgIpc) is 2.66. The Balaban J connectivity index is 1.59. The fraction of sp³-hybridized carbons (Fsp3) is 0.100. The zero-order valence-corrected chi connectivity index (χ0v) is 16.0. The van der Waals surface area contributed by atoms with E-state index in [1.54, 1.807) is 43.6 Å². The molecule has 0 spiro atoms. The van der Waals surface area contributed by atoms with Gasteiger partial charge in [0.05, 0.1) is 7.11 Å². The first-order valence-corrected chi connectivity index (χ1v) is 8.84. The first-order chi connectivity index (χ1) is 13.0. The molecule has 1 amide bonds. The summed E-state index contributed by atoms with van der Waals surface area (Å²) in [5.41, 5.74) is 1.03. The van der Waals surface area contributed by atoms with Crippen LogP contribution in [-0.2, 0) is 6.54 Å². The Morgan fingerprint density at radius 2 is 1.96 bits per heavy atom. The number of benzene rings is 2. The molecule has 0 aliphatic rings. The summed E-state index contributed by atoms with van der Waals surface area (Å²) in [6, 6.07) is 14.7. The van der Waals surface area contributed by atoms with E-state index >= 15 is 0 Å². The molecule has 0 unspecified atom stereocenters. The summed E-state index contributed by atoms with van der Waals surface area (Å²) >= 11 is 3.17. The molecule has 0 bridgehead atoms. The molecule has 0 aliphatic carbocycles. The second-order valence-electron chi connectivity index (χ2n) is 5.63. The topological polar surface area (TPSA) is 60.5 Å². The Hall–Kier alpha value is -2.93. The van der Waals surface area contributed by atoms with Crippen LogP contribution in [0.3, 0.4) is 0 Å². The normalized spacial score (nSPS) is 10.3. The third-order valence-corrected chi connectivity index (χ3v) is 4.10. The first-order valence-electron chi connectivity index (χ1n) is 8.04. The predicted octanol–water partition coefficient (Wildman–Crippen LogP) is 4.71. The van der Waals surface area contributed by atoms with Crippen molar-refractivity contribution in [2.75, 3.05) is 7.11 Å². The van der Waals surface area contributed by atoms with Gasteiger partial charge in [-0.2, -0.15) is 0 Å². The van der Waals surface area contributed by atoms with Gasteiger partial charge < -0.3 is 14.8 Å². The summed E-state index contributed by atoms with van der Waals surface area (Å²) in [5.74, 6) is 0.880. The second kappa shape index (κ2) is 8.64. The highest BCUT2D eigenvalue weighted by Gasteiger charge is 2.08. The van der Waals surface area contributed by atoms with Gasteiger partial charge in [-0.05, 0) is 35.9 Å². The van der Waals surface area contributed by atoms with Crippen LogP contribution in [-0.4, -0.2) is 18.0 Å². The van der Waals surface area contributed by atoms with Crippen LogP contribution in [0.5, 0.6) is 17.4 Å². The molecule has 1 aromatic heterocycles. The molecule has 5 nitrogen and oxygen atoms in total. The van der Waals surface area contributed by atoms with Gasteiger partial charge in [0.1, 0.15) is 17.3 Å². The van der Waals surface area contributed by atoms with Gasteiger partial charge in [-0.25, -0.2) is 9.37 Å². The molecular weight excluding hydrogens is 415 g/mol. The Kier molecular flexibility index (Phi) is 6.03. The number of nitrogens with one attached hydrogen (secondary N) is 1. The van der Waals surface area contributed by atoms with Crippen LogP contribution < -0.4 is 14.8 Å². The third kappa shape index (κ3) is 5.27. The number of ether oxygens (including phenoxy) is 2. The Morgan fingerprint density at radius 1 is 1.15 bits per heavy atom. The van der Waals surface area contributed by atoms with Crippen LogP contribution in [0.25, 0.3) is 0 Å². The Morgan fingerprint density at radius 3 is 2.67 bits per heavy atom. The van der Waals surface area contributed by atoms with Crippen molar-refractivity contribution < 1.29 is 18.7 Å². The van der Waals surface area contributed by atoms with Crippen LogP contribution in [0.2, 0.25) is 0 Å². The highest BCUT2D eigenvalue weighted by atomic mass is 79.9. The van der Waals surface area contributed by atoms with Crippen LogP contribution >= 0.6 is 15.9 Å². The largest absolute Gasteiger partial charge is 0.497 e. The average molecular weight is 431 g/mol. The van der Waals surface area contributed by atoms with Crippen molar-refractivity contribution in [2.24, 2.45) is 0 Å². The van der Waals surface area contributed by atoms with Crippen molar-refractivity contribution in [1.82, 2.24) is 10.3 Å². The van der Waals surface area contributed by atoms with Crippen LogP contribution in [0.4, 0.5) is 4.39 Å². The molecule has 27 heavy (non-hydrogen) atoms. The van der Waals surface area contributed by atoms with Gasteiger partial charge in [0.2, 0.25) is 5.88 Å². The van der Waals surface area contributed by atoms with Gasteiger partial charge in [-0.15, -0.1) is 0 Å². The lowest BCUT2D eigenvalue weighted by Crippen LogP contribution is -2.23. The van der Waals surface area contributed by atoms with Crippen LogP contribution in [0.1, 0.15) is 15.9 Å². The Labute approximate surface area is 164 Å². The van der Waals surface area contributed by atoms with Crippen molar-refractivity contribution in [3.8, 4) is 17.4 Å². The van der Waals surface area contributed by atoms with Crippen LogP contribution in [0, 0.1) is 5.82 Å². The first kappa shape index (κ1) is 18.8. The summed E-state index contributed by atoms with van der Waals surface area (Å²) in [5, 5.41) is 2.73. The van der Waals surface area contributed by atoms with Gasteiger partial charge in [-0.1, -0.05) is 28.1 Å². The number of aromatic nitrogens is 1. The molecule has 0 fully saturated rings. The molecule has 1 heterocycles. The number of carbonyl (C=O) groups is 1. The maximum atomic E-state index is 13.4. The molecule has 1 N–H and O–H groups in total. The third-order valence-electron chi connectivity index (χ3n) is 3.64. The summed E-state index contributed by atoms with van der Waals surface area (Å²) in [6.45, 7) is 0.263. The highest BCUT2D eigenvalue weighted by molar-refractivity contribution is 9.10. The van der Waals surface area contributed by atoms with E-state index in [4.69, 9.17) is 9.47 Å². The van der Waals surface area contributed by atoms with Gasteiger partial charge in [0.15, 0.2) is 0 Å². The number of nitrogens with zero attached hydrogens (tertiary/aromatic N) is 1. The summed E-state index contributed by atoms with van der Waals surface area (Å²) < 4.78 is 24.7. The van der Waals surface area contributed by atoms with Gasteiger partial charge in [0.25, 0.3) is 5.91 Å². The standard InChI is InChI=1S/C20H16BrFN2O3/c1-26-17-3-2-4-18(10-17)27-19-6-5-13(11-23-19)12-24-20(25)14-7-15(21)9-16(22)8-14/h2-11H,12H2,1H3,(H,24,25). The fourth-order valence-electron chi connectivity index (χ4n) is 2.33. The number of halogens is 2. The smallest absolute Gasteiger partial charge is 0.251 e. The summed E-state index contributed by atoms with van der Waals surface area (Å²) in [6.07, 6.45) is 1.61. The summed E-state index contributed by atoms with van der Waals surface area (Å²) in [7, 11) is 1.59. The van der Waals surface area contributed by atoms with Crippen molar-refractivity contribution in [2.45, 2.75) is 6.54 Å². The number of pyridine rings is 1. The minimum atomic E-state index is -0.477. The van der Waals surface area contributed by atoms with Crippen molar-refractivity contribution in [3.63, 3.8) is 0 Å². The van der Waals surface area contributed by atoms with E-state index in [1.807, 2.05) is 12.1 Å². The van der Waals surface area contributed by atoms with Gasteiger partial charge >= 0.3 is 0 Å². The monoisotopic (exact) mass is 430 g/mol. The zero-order valence-electron chi connectivity index (χ0n) is 14.4. The van der Waals surface area contributed by atoms with E-state index in [1.165, 1.54) is 12.1 Å². The molecule has 0 atom stereocenters. The highest BCUT2D eigenvalue weighted by Crippen LogP contribution is 2.23. The molecular formula is C20H16BrFN2O3. The van der Waals surface area contributed by atoms with E-state index < -0.39 is 5.82 Å². The zero-order chi connectivity index (χ0) is 19.2. The lowest BCUT2D eigenvalue weighted by atomic mass is 10.2. The number of methoxy groups -OCH3 is 1. The van der Waals surface area contributed by atoms with Crippen LogP contribution in [0.15, 0.2) is 65.3 Å². The molecule has 0 radical (unpaired) electrons. The molecule has 7 heteroatoms. The number of rotatable bonds is 6. The number of hydrogen-bond donors (Lipinski definition) is 1. The lowest BCUT2D eigenvalue weighted by Gasteiger charge is -2.08. The molecule has 3 aromatic rings. The fourth-order valence-corrected chi connectivity index (χ4v) is 2.80. The number of amides is 1. The minimum Gasteiger partial charge on any atom is -0.497 e. The second-order valence-corrected chi connectivity index (χ2v) is 6.54. The van der Waals surface area contributed by atoms with Crippen molar-refractivity contribution in [1.29, 1.82) is 0 Å².